The third-order valence-electron chi connectivity index (χ3n) is 3.02. The van der Waals surface area contributed by atoms with Gasteiger partial charge in [0.1, 0.15) is 6.61 Å². The summed E-state index contributed by atoms with van der Waals surface area (Å²) >= 11 is 0. The zero-order valence-corrected chi connectivity index (χ0v) is 12.9. The van der Waals surface area contributed by atoms with Crippen LogP contribution in [0, 0.1) is 11.3 Å². The Balaban J connectivity index is 3.75. The number of aliphatic hydroxyl groups is 2. The lowest BCUT2D eigenvalue weighted by atomic mass is 9.82. The number of ether oxygens (including phenoxy) is 1. The van der Waals surface area contributed by atoms with Gasteiger partial charge in [-0.05, 0) is 24.2 Å². The summed E-state index contributed by atoms with van der Waals surface area (Å²) in [6, 6.07) is 0. The van der Waals surface area contributed by atoms with Gasteiger partial charge in [0, 0.05) is 19.6 Å². The fourth-order valence-electron chi connectivity index (χ4n) is 2.23. The number of rotatable bonds is 11. The Bertz CT molecular complexity index is 260. The molecule has 6 heteroatoms. The summed E-state index contributed by atoms with van der Waals surface area (Å²) in [5, 5.41) is 23.1. The number of hydrogen-bond donors (Lipinski definition) is 4. The third-order valence-corrected chi connectivity index (χ3v) is 3.02. The highest BCUT2D eigenvalue weighted by Gasteiger charge is 2.20. The van der Waals surface area contributed by atoms with Crippen LogP contribution in [0.5, 0.6) is 0 Å². The summed E-state index contributed by atoms with van der Waals surface area (Å²) in [5.74, 6) is 0.485. The van der Waals surface area contributed by atoms with E-state index in [1.807, 2.05) is 0 Å². The molecule has 0 bridgehead atoms. The number of hydrogen-bond acceptors (Lipinski definition) is 5. The first-order valence-corrected chi connectivity index (χ1v) is 7.24. The van der Waals surface area contributed by atoms with Crippen LogP contribution in [0.25, 0.3) is 0 Å². The van der Waals surface area contributed by atoms with Crippen LogP contribution in [0.4, 0.5) is 4.79 Å². The van der Waals surface area contributed by atoms with Gasteiger partial charge in [-0.2, -0.15) is 0 Å². The van der Waals surface area contributed by atoms with Gasteiger partial charge < -0.3 is 25.6 Å². The minimum Gasteiger partial charge on any atom is -0.447 e. The van der Waals surface area contributed by atoms with E-state index in [9.17, 15) is 4.79 Å². The SMILES string of the molecule is CC(CCNC(=O)OCCO)CC(C)(C)CNCCO. The summed E-state index contributed by atoms with van der Waals surface area (Å²) in [6.45, 7) is 8.64. The van der Waals surface area contributed by atoms with Crippen molar-refractivity contribution in [3.8, 4) is 0 Å². The minimum atomic E-state index is -0.477. The Morgan fingerprint density at radius 3 is 2.55 bits per heavy atom. The molecule has 0 aromatic carbocycles. The number of nitrogens with one attached hydrogen (secondary N) is 2. The second-order valence-corrected chi connectivity index (χ2v) is 5.95. The molecule has 0 radical (unpaired) electrons. The lowest BCUT2D eigenvalue weighted by molar-refractivity contribution is 0.118. The van der Waals surface area contributed by atoms with Crippen molar-refractivity contribution < 1.29 is 19.7 Å². The van der Waals surface area contributed by atoms with Gasteiger partial charge in [0.25, 0.3) is 0 Å². The average Bonchev–Trinajstić information content (AvgIpc) is 2.35. The molecule has 0 aliphatic heterocycles. The maximum atomic E-state index is 11.2. The van der Waals surface area contributed by atoms with E-state index in [-0.39, 0.29) is 25.2 Å². The normalized spacial score (nSPS) is 13.1. The molecule has 0 aromatic rings. The molecular formula is C14H30N2O4. The summed E-state index contributed by atoms with van der Waals surface area (Å²) in [6.07, 6.45) is 1.45. The van der Waals surface area contributed by atoms with Crippen molar-refractivity contribution >= 4 is 6.09 Å². The van der Waals surface area contributed by atoms with E-state index in [1.165, 1.54) is 0 Å². The molecule has 1 amide bonds. The zero-order valence-electron chi connectivity index (χ0n) is 12.9. The van der Waals surface area contributed by atoms with Crippen LogP contribution in [0.1, 0.15) is 33.6 Å². The van der Waals surface area contributed by atoms with E-state index in [0.29, 0.717) is 19.0 Å². The first-order valence-electron chi connectivity index (χ1n) is 7.24. The molecule has 0 fully saturated rings. The molecule has 0 saturated carbocycles. The molecule has 120 valence electrons. The van der Waals surface area contributed by atoms with Crippen molar-refractivity contribution in [2.45, 2.75) is 33.6 Å². The molecule has 0 spiro atoms. The number of amides is 1. The molecule has 20 heavy (non-hydrogen) atoms. The van der Waals surface area contributed by atoms with E-state index in [2.05, 4.69) is 31.4 Å². The Hall–Kier alpha value is -0.850. The molecule has 0 heterocycles. The smallest absolute Gasteiger partial charge is 0.407 e. The molecule has 1 unspecified atom stereocenters. The van der Waals surface area contributed by atoms with Crippen molar-refractivity contribution in [2.24, 2.45) is 11.3 Å². The summed E-state index contributed by atoms with van der Waals surface area (Å²) < 4.78 is 4.71. The number of aliphatic hydroxyl groups excluding tert-OH is 2. The maximum Gasteiger partial charge on any atom is 0.407 e. The first kappa shape index (κ1) is 19.1. The van der Waals surface area contributed by atoms with Gasteiger partial charge in [-0.15, -0.1) is 0 Å². The van der Waals surface area contributed by atoms with Crippen molar-refractivity contribution in [1.29, 1.82) is 0 Å². The fraction of sp³-hybridized carbons (Fsp3) is 0.929. The fourth-order valence-corrected chi connectivity index (χ4v) is 2.23. The summed E-state index contributed by atoms with van der Waals surface area (Å²) in [5.41, 5.74) is 0.159. The Morgan fingerprint density at radius 2 is 1.95 bits per heavy atom. The van der Waals surface area contributed by atoms with Gasteiger partial charge in [-0.1, -0.05) is 20.8 Å². The first-order chi connectivity index (χ1) is 9.41. The van der Waals surface area contributed by atoms with E-state index < -0.39 is 6.09 Å². The van der Waals surface area contributed by atoms with Gasteiger partial charge >= 0.3 is 6.09 Å². The Labute approximate surface area is 121 Å². The van der Waals surface area contributed by atoms with E-state index in [1.54, 1.807) is 0 Å². The second-order valence-electron chi connectivity index (χ2n) is 5.95. The van der Waals surface area contributed by atoms with Crippen LogP contribution in [0.15, 0.2) is 0 Å². The van der Waals surface area contributed by atoms with E-state index >= 15 is 0 Å². The van der Waals surface area contributed by atoms with Crippen LogP contribution >= 0.6 is 0 Å². The Morgan fingerprint density at radius 1 is 1.25 bits per heavy atom. The summed E-state index contributed by atoms with van der Waals surface area (Å²) in [7, 11) is 0. The molecule has 0 aliphatic carbocycles. The molecule has 0 aliphatic rings. The van der Waals surface area contributed by atoms with Gasteiger partial charge in [0.15, 0.2) is 0 Å². The third kappa shape index (κ3) is 11.0. The molecule has 6 nitrogen and oxygen atoms in total. The predicted molar refractivity (Wildman–Crippen MR) is 78.6 cm³/mol. The molecule has 0 saturated heterocycles. The number of alkyl carbamates (subject to hydrolysis) is 1. The zero-order chi connectivity index (χ0) is 15.4. The van der Waals surface area contributed by atoms with Crippen LogP contribution in [0.2, 0.25) is 0 Å². The molecule has 0 aromatic heterocycles. The van der Waals surface area contributed by atoms with Crippen LogP contribution in [0.3, 0.4) is 0 Å². The highest BCUT2D eigenvalue weighted by Crippen LogP contribution is 2.25. The van der Waals surface area contributed by atoms with Crippen LogP contribution in [-0.4, -0.2) is 55.8 Å². The topological polar surface area (TPSA) is 90.8 Å². The van der Waals surface area contributed by atoms with E-state index in [4.69, 9.17) is 14.9 Å². The van der Waals surface area contributed by atoms with E-state index in [0.717, 1.165) is 19.4 Å². The standard InChI is InChI=1S/C14H30N2O4/c1-12(4-5-16-13(19)20-9-8-18)10-14(2,3)11-15-6-7-17/h12,15,17-18H,4-11H2,1-3H3,(H,16,19). The lowest BCUT2D eigenvalue weighted by Crippen LogP contribution is -2.33. The second kappa shape index (κ2) is 10.9. The predicted octanol–water partition coefficient (Wildman–Crippen LogP) is 0.729. The Kier molecular flexibility index (Phi) is 10.4. The van der Waals surface area contributed by atoms with Gasteiger partial charge in [0.05, 0.1) is 13.2 Å². The molecule has 0 rings (SSSR count). The van der Waals surface area contributed by atoms with Crippen molar-refractivity contribution in [3.05, 3.63) is 0 Å². The maximum absolute atomic E-state index is 11.2. The highest BCUT2D eigenvalue weighted by molar-refractivity contribution is 5.66. The lowest BCUT2D eigenvalue weighted by Gasteiger charge is -2.28. The highest BCUT2D eigenvalue weighted by atomic mass is 16.6. The summed E-state index contributed by atoms with van der Waals surface area (Å²) in [4.78, 5) is 11.2. The van der Waals surface area contributed by atoms with Crippen molar-refractivity contribution in [2.75, 3.05) is 39.5 Å². The molecule has 4 N–H and O–H groups in total. The average molecular weight is 290 g/mol. The minimum absolute atomic E-state index is 0.0327. The van der Waals surface area contributed by atoms with Gasteiger partial charge in [-0.25, -0.2) is 4.79 Å². The largest absolute Gasteiger partial charge is 0.447 e. The number of carbonyl (C=O) groups excluding carboxylic acids is 1. The van der Waals surface area contributed by atoms with Gasteiger partial charge in [0.2, 0.25) is 0 Å². The monoisotopic (exact) mass is 290 g/mol. The molecule has 1 atom stereocenters. The van der Waals surface area contributed by atoms with Crippen molar-refractivity contribution in [3.63, 3.8) is 0 Å². The van der Waals surface area contributed by atoms with Crippen LogP contribution < -0.4 is 10.6 Å². The van der Waals surface area contributed by atoms with Crippen LogP contribution in [-0.2, 0) is 4.74 Å². The number of carbonyl (C=O) groups is 1. The van der Waals surface area contributed by atoms with Crippen molar-refractivity contribution in [1.82, 2.24) is 10.6 Å². The molecular weight excluding hydrogens is 260 g/mol. The van der Waals surface area contributed by atoms with Gasteiger partial charge in [-0.3, -0.25) is 0 Å². The quantitative estimate of drug-likeness (QED) is 0.421.